The van der Waals surface area contributed by atoms with Crippen LogP contribution in [0.3, 0.4) is 0 Å². The standard InChI is InChI=1S/C19H32N4O2.ClH/c20-16(15-1-2-15)11-22-17(24)3-4-21-18(25)23-19-8-12-5-13(9-19)7-14(6-12)10-19;/h12-16H,1-11,20H2,(H,22,24)(H2,21,23,25);1H. The third-order valence-electron chi connectivity index (χ3n) is 6.82. The number of hydrogen-bond acceptors (Lipinski definition) is 3. The number of carbonyl (C=O) groups excluding carboxylic acids is 2. The Morgan fingerprint density at radius 2 is 1.58 bits per heavy atom. The van der Waals surface area contributed by atoms with E-state index in [1.807, 2.05) is 0 Å². The molecular formula is C19H33ClN4O2. The molecule has 6 nitrogen and oxygen atoms in total. The molecule has 5 saturated carbocycles. The molecule has 0 aromatic rings. The van der Waals surface area contributed by atoms with E-state index in [2.05, 4.69) is 16.0 Å². The third kappa shape index (κ3) is 4.63. The predicted octanol–water partition coefficient (Wildman–Crippen LogP) is 1.92. The summed E-state index contributed by atoms with van der Waals surface area (Å²) in [6.45, 7) is 0.922. The maximum Gasteiger partial charge on any atom is 0.315 e. The zero-order chi connectivity index (χ0) is 17.4. The van der Waals surface area contributed by atoms with Crippen molar-refractivity contribution in [2.75, 3.05) is 13.1 Å². The Kier molecular flexibility index (Phi) is 6.02. The van der Waals surface area contributed by atoms with E-state index in [0.29, 0.717) is 25.4 Å². The second kappa shape index (κ2) is 7.93. The van der Waals surface area contributed by atoms with E-state index in [0.717, 1.165) is 37.0 Å². The molecule has 26 heavy (non-hydrogen) atoms. The summed E-state index contributed by atoms with van der Waals surface area (Å²) in [5.41, 5.74) is 6.00. The molecule has 5 N–H and O–H groups in total. The van der Waals surface area contributed by atoms with Crippen molar-refractivity contribution >= 4 is 24.3 Å². The Bertz CT molecular complexity index is 502. The van der Waals surface area contributed by atoms with Crippen LogP contribution >= 0.6 is 12.4 Å². The summed E-state index contributed by atoms with van der Waals surface area (Å²) in [4.78, 5) is 24.1. The zero-order valence-electron chi connectivity index (χ0n) is 15.5. The fourth-order valence-electron chi connectivity index (χ4n) is 5.85. The summed E-state index contributed by atoms with van der Waals surface area (Å²) in [5.74, 6) is 2.99. The third-order valence-corrected chi connectivity index (χ3v) is 6.82. The van der Waals surface area contributed by atoms with Gasteiger partial charge < -0.3 is 21.7 Å². The van der Waals surface area contributed by atoms with E-state index in [1.165, 1.54) is 32.1 Å². The summed E-state index contributed by atoms with van der Waals surface area (Å²) in [6.07, 6.45) is 10.2. The number of carbonyl (C=O) groups is 2. The summed E-state index contributed by atoms with van der Waals surface area (Å²) >= 11 is 0. The van der Waals surface area contributed by atoms with Crippen LogP contribution in [-0.2, 0) is 4.79 Å². The van der Waals surface area contributed by atoms with Gasteiger partial charge in [0.1, 0.15) is 0 Å². The SMILES string of the molecule is Cl.NC(CNC(=O)CCNC(=O)NC12CC3CC(CC(C3)C1)C2)C1CC1. The molecule has 3 amide bonds. The first kappa shape index (κ1) is 19.7. The van der Waals surface area contributed by atoms with Gasteiger partial charge in [-0.1, -0.05) is 0 Å². The summed E-state index contributed by atoms with van der Waals surface area (Å²) in [5, 5.41) is 9.01. The molecule has 5 aliphatic carbocycles. The van der Waals surface area contributed by atoms with Gasteiger partial charge in [-0.2, -0.15) is 0 Å². The average molecular weight is 385 g/mol. The predicted molar refractivity (Wildman–Crippen MR) is 103 cm³/mol. The molecule has 1 atom stereocenters. The van der Waals surface area contributed by atoms with Gasteiger partial charge in [0, 0.05) is 31.1 Å². The van der Waals surface area contributed by atoms with Gasteiger partial charge in [0.25, 0.3) is 0 Å². The highest BCUT2D eigenvalue weighted by Crippen LogP contribution is 2.55. The molecule has 148 valence electrons. The summed E-state index contributed by atoms with van der Waals surface area (Å²) in [6, 6.07) is -0.0271. The number of halogens is 1. The highest BCUT2D eigenvalue weighted by Gasteiger charge is 2.51. The van der Waals surface area contributed by atoms with Crippen molar-refractivity contribution in [2.45, 2.75) is 69.4 Å². The van der Waals surface area contributed by atoms with Crippen molar-refractivity contribution in [1.29, 1.82) is 0 Å². The average Bonchev–Trinajstić information content (AvgIpc) is 3.35. The molecule has 0 aromatic carbocycles. The first-order valence-electron chi connectivity index (χ1n) is 10.1. The van der Waals surface area contributed by atoms with Crippen LogP contribution in [0.1, 0.15) is 57.8 Å². The zero-order valence-corrected chi connectivity index (χ0v) is 16.3. The molecule has 1 unspecified atom stereocenters. The van der Waals surface area contributed by atoms with Gasteiger partial charge in [-0.05, 0) is 75.0 Å². The fraction of sp³-hybridized carbons (Fsp3) is 0.895. The Morgan fingerprint density at radius 1 is 1.00 bits per heavy atom. The van der Waals surface area contributed by atoms with E-state index < -0.39 is 0 Å². The molecule has 5 rings (SSSR count). The second-order valence-electron chi connectivity index (χ2n) is 9.13. The van der Waals surface area contributed by atoms with Crippen molar-refractivity contribution in [1.82, 2.24) is 16.0 Å². The Morgan fingerprint density at radius 3 is 2.12 bits per heavy atom. The van der Waals surface area contributed by atoms with Crippen molar-refractivity contribution in [3.05, 3.63) is 0 Å². The lowest BCUT2D eigenvalue weighted by molar-refractivity contribution is -0.121. The van der Waals surface area contributed by atoms with E-state index >= 15 is 0 Å². The fourth-order valence-corrected chi connectivity index (χ4v) is 5.85. The number of nitrogens with two attached hydrogens (primary N) is 1. The van der Waals surface area contributed by atoms with Crippen LogP contribution in [0.2, 0.25) is 0 Å². The second-order valence-corrected chi connectivity index (χ2v) is 9.13. The number of nitrogens with one attached hydrogen (secondary N) is 3. The van der Waals surface area contributed by atoms with Gasteiger partial charge in [-0.15, -0.1) is 12.4 Å². The largest absolute Gasteiger partial charge is 0.354 e. The highest BCUT2D eigenvalue weighted by atomic mass is 35.5. The Labute approximate surface area is 162 Å². The minimum atomic E-state index is -0.107. The molecule has 0 radical (unpaired) electrons. The van der Waals surface area contributed by atoms with Gasteiger partial charge in [0.05, 0.1) is 0 Å². The monoisotopic (exact) mass is 384 g/mol. The van der Waals surface area contributed by atoms with Crippen LogP contribution < -0.4 is 21.7 Å². The molecule has 0 aliphatic heterocycles. The normalized spacial score (nSPS) is 35.3. The summed E-state index contributed by atoms with van der Waals surface area (Å²) in [7, 11) is 0. The Hall–Kier alpha value is -1.01. The molecular weight excluding hydrogens is 352 g/mol. The van der Waals surface area contributed by atoms with Gasteiger partial charge in [-0.3, -0.25) is 4.79 Å². The van der Waals surface area contributed by atoms with Crippen LogP contribution in [0.25, 0.3) is 0 Å². The molecule has 4 bridgehead atoms. The minimum Gasteiger partial charge on any atom is -0.354 e. The molecule has 5 aliphatic rings. The van der Waals surface area contributed by atoms with E-state index in [-0.39, 0.29) is 35.9 Å². The van der Waals surface area contributed by atoms with Gasteiger partial charge in [-0.25, -0.2) is 4.79 Å². The topological polar surface area (TPSA) is 96.2 Å². The van der Waals surface area contributed by atoms with Gasteiger partial charge in [0.2, 0.25) is 5.91 Å². The quantitative estimate of drug-likeness (QED) is 0.540. The van der Waals surface area contributed by atoms with Crippen LogP contribution in [0.15, 0.2) is 0 Å². The molecule has 0 saturated heterocycles. The van der Waals surface area contributed by atoms with Crippen LogP contribution in [0.4, 0.5) is 4.79 Å². The molecule has 5 fully saturated rings. The van der Waals surface area contributed by atoms with E-state index in [4.69, 9.17) is 5.73 Å². The smallest absolute Gasteiger partial charge is 0.315 e. The number of hydrogen-bond donors (Lipinski definition) is 4. The molecule has 0 aromatic heterocycles. The van der Waals surface area contributed by atoms with Crippen LogP contribution in [-0.4, -0.2) is 36.6 Å². The van der Waals surface area contributed by atoms with Crippen LogP contribution in [0, 0.1) is 23.7 Å². The van der Waals surface area contributed by atoms with Gasteiger partial charge in [0.15, 0.2) is 0 Å². The van der Waals surface area contributed by atoms with E-state index in [1.54, 1.807) is 0 Å². The van der Waals surface area contributed by atoms with Crippen molar-refractivity contribution in [3.8, 4) is 0 Å². The lowest BCUT2D eigenvalue weighted by Crippen LogP contribution is -2.61. The number of rotatable bonds is 7. The van der Waals surface area contributed by atoms with E-state index in [9.17, 15) is 9.59 Å². The van der Waals surface area contributed by atoms with Crippen molar-refractivity contribution in [2.24, 2.45) is 29.4 Å². The lowest BCUT2D eigenvalue weighted by Gasteiger charge is -2.56. The number of urea groups is 1. The summed E-state index contributed by atoms with van der Waals surface area (Å²) < 4.78 is 0. The van der Waals surface area contributed by atoms with Crippen molar-refractivity contribution in [3.63, 3.8) is 0 Å². The first-order chi connectivity index (χ1) is 12.0. The number of amides is 3. The minimum absolute atomic E-state index is 0. The van der Waals surface area contributed by atoms with Gasteiger partial charge >= 0.3 is 6.03 Å². The lowest BCUT2D eigenvalue weighted by atomic mass is 9.53. The van der Waals surface area contributed by atoms with Crippen LogP contribution in [0.5, 0.6) is 0 Å². The Balaban J connectivity index is 0.00000196. The first-order valence-corrected chi connectivity index (χ1v) is 10.1. The van der Waals surface area contributed by atoms with Crippen molar-refractivity contribution < 1.29 is 9.59 Å². The highest BCUT2D eigenvalue weighted by molar-refractivity contribution is 5.85. The molecule has 0 spiro atoms. The maximum absolute atomic E-state index is 12.3. The molecule has 0 heterocycles. The maximum atomic E-state index is 12.3. The molecule has 7 heteroatoms.